The molecule has 0 aliphatic heterocycles. The molecule has 0 unspecified atom stereocenters. The van der Waals surface area contributed by atoms with E-state index in [0.717, 1.165) is 11.6 Å². The van der Waals surface area contributed by atoms with E-state index in [9.17, 15) is 13.2 Å². The maximum Gasteiger partial charge on any atom is 0.416 e. The molecule has 0 amide bonds. The summed E-state index contributed by atoms with van der Waals surface area (Å²) in [6.07, 6.45) is -2.86. The second-order valence-corrected chi connectivity index (χ2v) is 4.42. The van der Waals surface area contributed by atoms with Gasteiger partial charge in [0.15, 0.2) is 0 Å². The second-order valence-electron chi connectivity index (χ2n) is 4.42. The lowest BCUT2D eigenvalue weighted by atomic mass is 10.1. The molecule has 1 heterocycles. The van der Waals surface area contributed by atoms with Crippen molar-refractivity contribution < 1.29 is 13.2 Å². The van der Waals surface area contributed by atoms with E-state index < -0.39 is 11.7 Å². The quantitative estimate of drug-likeness (QED) is 0.940. The van der Waals surface area contributed by atoms with E-state index in [1.54, 1.807) is 18.2 Å². The standard InChI is InChI=1S/C15H12F3N3/c16-15(17,18)14-4-2-1-3-12(14)10-20-9-11-5-6-21-13(7-11)8-19/h1-7,20H,9-10H2. The van der Waals surface area contributed by atoms with E-state index in [2.05, 4.69) is 10.3 Å². The highest BCUT2D eigenvalue weighted by molar-refractivity contribution is 5.30. The summed E-state index contributed by atoms with van der Waals surface area (Å²) in [7, 11) is 0. The first-order valence-corrected chi connectivity index (χ1v) is 6.21. The lowest BCUT2D eigenvalue weighted by Gasteiger charge is -2.13. The normalized spacial score (nSPS) is 11.1. The summed E-state index contributed by atoms with van der Waals surface area (Å²) in [5.41, 5.74) is 0.639. The van der Waals surface area contributed by atoms with Gasteiger partial charge in [-0.05, 0) is 29.3 Å². The third-order valence-corrected chi connectivity index (χ3v) is 2.91. The van der Waals surface area contributed by atoms with Gasteiger partial charge in [0.25, 0.3) is 0 Å². The largest absolute Gasteiger partial charge is 0.416 e. The van der Waals surface area contributed by atoms with Crippen LogP contribution in [0.1, 0.15) is 22.4 Å². The molecule has 0 saturated carbocycles. The lowest BCUT2D eigenvalue weighted by Crippen LogP contribution is -2.17. The van der Waals surface area contributed by atoms with Gasteiger partial charge in [-0.25, -0.2) is 4.98 Å². The first kappa shape index (κ1) is 15.0. The number of hydrogen-bond acceptors (Lipinski definition) is 3. The minimum absolute atomic E-state index is 0.0971. The topological polar surface area (TPSA) is 48.7 Å². The van der Waals surface area contributed by atoms with Gasteiger partial charge in [-0.15, -0.1) is 0 Å². The maximum atomic E-state index is 12.8. The molecule has 0 saturated heterocycles. The average Bonchev–Trinajstić information content (AvgIpc) is 2.47. The van der Waals surface area contributed by atoms with E-state index in [4.69, 9.17) is 5.26 Å². The zero-order valence-corrected chi connectivity index (χ0v) is 11.0. The smallest absolute Gasteiger partial charge is 0.309 e. The molecule has 0 aliphatic rings. The van der Waals surface area contributed by atoms with Gasteiger partial charge >= 0.3 is 6.18 Å². The fourth-order valence-corrected chi connectivity index (χ4v) is 1.94. The summed E-state index contributed by atoms with van der Waals surface area (Å²) >= 11 is 0. The first-order chi connectivity index (χ1) is 10.0. The molecule has 2 rings (SSSR count). The molecule has 108 valence electrons. The Morgan fingerprint density at radius 3 is 2.62 bits per heavy atom. The van der Waals surface area contributed by atoms with E-state index in [0.29, 0.717) is 6.54 Å². The molecule has 2 aromatic rings. The predicted molar refractivity (Wildman–Crippen MR) is 70.9 cm³/mol. The number of halogens is 3. The maximum absolute atomic E-state index is 12.8. The van der Waals surface area contributed by atoms with Gasteiger partial charge in [0, 0.05) is 19.3 Å². The highest BCUT2D eigenvalue weighted by Crippen LogP contribution is 2.31. The highest BCUT2D eigenvalue weighted by Gasteiger charge is 2.32. The minimum Gasteiger partial charge on any atom is -0.309 e. The molecule has 3 nitrogen and oxygen atoms in total. The fraction of sp³-hybridized carbons (Fsp3) is 0.200. The zero-order chi connectivity index (χ0) is 15.3. The second kappa shape index (κ2) is 6.37. The minimum atomic E-state index is -4.36. The molecular weight excluding hydrogens is 279 g/mol. The number of hydrogen-bond donors (Lipinski definition) is 1. The van der Waals surface area contributed by atoms with Crippen LogP contribution in [-0.4, -0.2) is 4.98 Å². The van der Waals surface area contributed by atoms with Gasteiger partial charge in [0.1, 0.15) is 11.8 Å². The SMILES string of the molecule is N#Cc1cc(CNCc2ccccc2C(F)(F)F)ccn1. The molecule has 6 heteroatoms. The Hall–Kier alpha value is -2.39. The monoisotopic (exact) mass is 291 g/mol. The van der Waals surface area contributed by atoms with Crippen molar-refractivity contribution in [2.75, 3.05) is 0 Å². The molecule has 21 heavy (non-hydrogen) atoms. The molecule has 0 radical (unpaired) electrons. The predicted octanol–water partition coefficient (Wildman–Crippen LogP) is 3.26. The first-order valence-electron chi connectivity index (χ1n) is 6.21. The Kier molecular flexibility index (Phi) is 4.55. The molecule has 1 aromatic carbocycles. The van der Waals surface area contributed by atoms with Crippen LogP contribution in [0.25, 0.3) is 0 Å². The summed E-state index contributed by atoms with van der Waals surface area (Å²) in [4.78, 5) is 3.83. The van der Waals surface area contributed by atoms with Gasteiger partial charge in [0.2, 0.25) is 0 Å². The van der Waals surface area contributed by atoms with Crippen molar-refractivity contribution in [3.8, 4) is 6.07 Å². The number of rotatable bonds is 4. The summed E-state index contributed by atoms with van der Waals surface area (Å²) in [6, 6.07) is 10.7. The third kappa shape index (κ3) is 4.04. The number of nitrogens with one attached hydrogen (secondary N) is 1. The number of nitrogens with zero attached hydrogens (tertiary/aromatic N) is 2. The van der Waals surface area contributed by atoms with Gasteiger partial charge in [-0.1, -0.05) is 18.2 Å². The van der Waals surface area contributed by atoms with Gasteiger partial charge in [-0.2, -0.15) is 18.4 Å². The van der Waals surface area contributed by atoms with Gasteiger partial charge < -0.3 is 5.32 Å². The van der Waals surface area contributed by atoms with Crippen LogP contribution in [0.3, 0.4) is 0 Å². The Morgan fingerprint density at radius 2 is 1.90 bits per heavy atom. The molecule has 0 bridgehead atoms. The number of alkyl halides is 3. The molecule has 1 N–H and O–H groups in total. The summed E-state index contributed by atoms with van der Waals surface area (Å²) in [6.45, 7) is 0.462. The van der Waals surface area contributed by atoms with Crippen molar-refractivity contribution in [2.24, 2.45) is 0 Å². The van der Waals surface area contributed by atoms with Crippen molar-refractivity contribution >= 4 is 0 Å². The van der Waals surface area contributed by atoms with Crippen LogP contribution in [0.4, 0.5) is 13.2 Å². The van der Waals surface area contributed by atoms with Crippen molar-refractivity contribution in [2.45, 2.75) is 19.3 Å². The number of aromatic nitrogens is 1. The number of pyridine rings is 1. The molecule has 0 spiro atoms. The van der Waals surface area contributed by atoms with Crippen molar-refractivity contribution in [3.05, 3.63) is 65.0 Å². The van der Waals surface area contributed by atoms with Crippen LogP contribution < -0.4 is 5.32 Å². The summed E-state index contributed by atoms with van der Waals surface area (Å²) in [5, 5.41) is 11.7. The van der Waals surface area contributed by atoms with Crippen LogP contribution in [0.5, 0.6) is 0 Å². The molecule has 0 atom stereocenters. The van der Waals surface area contributed by atoms with E-state index >= 15 is 0 Å². The van der Waals surface area contributed by atoms with E-state index in [1.165, 1.54) is 18.3 Å². The molecule has 1 aromatic heterocycles. The van der Waals surface area contributed by atoms with Gasteiger partial charge in [0.05, 0.1) is 5.56 Å². The van der Waals surface area contributed by atoms with Crippen molar-refractivity contribution in [1.29, 1.82) is 5.26 Å². The summed E-state index contributed by atoms with van der Waals surface area (Å²) < 4.78 is 38.5. The van der Waals surface area contributed by atoms with Crippen molar-refractivity contribution in [1.82, 2.24) is 10.3 Å². The fourth-order valence-electron chi connectivity index (χ4n) is 1.94. The van der Waals surface area contributed by atoms with Crippen LogP contribution in [0.15, 0.2) is 42.6 Å². The Bertz CT molecular complexity index is 660. The molecule has 0 aliphatic carbocycles. The third-order valence-electron chi connectivity index (χ3n) is 2.91. The summed E-state index contributed by atoms with van der Waals surface area (Å²) in [5.74, 6) is 0. The van der Waals surface area contributed by atoms with Crippen LogP contribution >= 0.6 is 0 Å². The Balaban J connectivity index is 2.03. The van der Waals surface area contributed by atoms with E-state index in [-0.39, 0.29) is 17.8 Å². The van der Waals surface area contributed by atoms with Crippen LogP contribution in [-0.2, 0) is 19.3 Å². The molecular formula is C15H12F3N3. The lowest BCUT2D eigenvalue weighted by molar-refractivity contribution is -0.138. The number of nitriles is 1. The Morgan fingerprint density at radius 1 is 1.14 bits per heavy atom. The number of benzene rings is 1. The Labute approximate surface area is 120 Å². The van der Waals surface area contributed by atoms with Crippen LogP contribution in [0.2, 0.25) is 0 Å². The molecule has 0 fully saturated rings. The highest BCUT2D eigenvalue weighted by atomic mass is 19.4. The average molecular weight is 291 g/mol. The van der Waals surface area contributed by atoms with Crippen molar-refractivity contribution in [3.63, 3.8) is 0 Å². The van der Waals surface area contributed by atoms with Gasteiger partial charge in [-0.3, -0.25) is 0 Å². The zero-order valence-electron chi connectivity index (χ0n) is 11.0. The van der Waals surface area contributed by atoms with Crippen LogP contribution in [0, 0.1) is 11.3 Å². The van der Waals surface area contributed by atoms with E-state index in [1.807, 2.05) is 6.07 Å².